The molecule has 1 aromatic heterocycles. The summed E-state index contributed by atoms with van der Waals surface area (Å²) in [6.07, 6.45) is 2.94. The van der Waals surface area contributed by atoms with Crippen molar-refractivity contribution in [2.45, 2.75) is 19.9 Å². The van der Waals surface area contributed by atoms with Crippen molar-refractivity contribution in [2.75, 3.05) is 25.5 Å². The highest BCUT2D eigenvalue weighted by atomic mass is 16.3. The van der Waals surface area contributed by atoms with E-state index in [0.29, 0.717) is 5.92 Å². The van der Waals surface area contributed by atoms with Gasteiger partial charge in [0.05, 0.1) is 6.26 Å². The number of hydrogen-bond donors (Lipinski definition) is 1. The van der Waals surface area contributed by atoms with Crippen LogP contribution in [0.4, 0.5) is 5.69 Å². The first-order valence-electron chi connectivity index (χ1n) is 7.25. The van der Waals surface area contributed by atoms with Crippen molar-refractivity contribution in [2.24, 2.45) is 5.92 Å². The zero-order valence-corrected chi connectivity index (χ0v) is 12.2. The van der Waals surface area contributed by atoms with E-state index in [4.69, 9.17) is 4.42 Å². The highest BCUT2D eigenvalue weighted by Crippen LogP contribution is 2.25. The van der Waals surface area contributed by atoms with Crippen LogP contribution in [-0.4, -0.2) is 25.0 Å². The molecule has 1 N–H and O–H groups in total. The molecule has 1 atom stereocenters. The molecule has 1 aliphatic rings. The Morgan fingerprint density at radius 2 is 2.15 bits per heavy atom. The minimum absolute atomic E-state index is 0.669. The van der Waals surface area contributed by atoms with E-state index < -0.39 is 0 Å². The highest BCUT2D eigenvalue weighted by Gasteiger charge is 2.19. The van der Waals surface area contributed by atoms with Crippen LogP contribution in [0.5, 0.6) is 0 Å². The summed E-state index contributed by atoms with van der Waals surface area (Å²) in [6, 6.07) is 10.7. The van der Waals surface area contributed by atoms with Crippen LogP contribution in [0.3, 0.4) is 0 Å². The van der Waals surface area contributed by atoms with Crippen LogP contribution in [0, 0.1) is 12.8 Å². The van der Waals surface area contributed by atoms with Gasteiger partial charge in [-0.05, 0) is 44.0 Å². The lowest BCUT2D eigenvalue weighted by Gasteiger charge is -2.29. The molecule has 1 aromatic carbocycles. The Balaban J connectivity index is 1.58. The monoisotopic (exact) mass is 270 g/mol. The number of para-hydroxylation sites is 1. The molecule has 0 bridgehead atoms. The molecule has 0 fully saturated rings. The van der Waals surface area contributed by atoms with Crippen LogP contribution < -0.4 is 5.32 Å². The van der Waals surface area contributed by atoms with E-state index in [2.05, 4.69) is 47.6 Å². The molecule has 2 aromatic rings. The van der Waals surface area contributed by atoms with E-state index in [9.17, 15) is 0 Å². The van der Waals surface area contributed by atoms with Crippen LogP contribution in [0.15, 0.2) is 41.0 Å². The number of fused-ring (bicyclic) bond motifs is 1. The maximum absolute atomic E-state index is 5.36. The summed E-state index contributed by atoms with van der Waals surface area (Å²) >= 11 is 0. The SMILES string of the molecule is Cc1occc1CN(C)CC1CNc2ccccc2C1. The lowest BCUT2D eigenvalue weighted by atomic mass is 9.93. The Kier molecular flexibility index (Phi) is 3.79. The molecule has 0 saturated carbocycles. The Bertz CT molecular complexity index is 576. The minimum Gasteiger partial charge on any atom is -0.469 e. The molecule has 106 valence electrons. The third-order valence-corrected chi connectivity index (χ3v) is 4.08. The van der Waals surface area contributed by atoms with Crippen molar-refractivity contribution in [3.05, 3.63) is 53.5 Å². The van der Waals surface area contributed by atoms with Crippen LogP contribution in [0.25, 0.3) is 0 Å². The van der Waals surface area contributed by atoms with E-state index in [-0.39, 0.29) is 0 Å². The Morgan fingerprint density at radius 3 is 2.95 bits per heavy atom. The topological polar surface area (TPSA) is 28.4 Å². The third kappa shape index (κ3) is 2.88. The summed E-state index contributed by atoms with van der Waals surface area (Å²) in [6.45, 7) is 5.15. The first-order chi connectivity index (χ1) is 9.72. The van der Waals surface area contributed by atoms with E-state index in [1.807, 2.05) is 6.92 Å². The number of aryl methyl sites for hydroxylation is 1. The quantitative estimate of drug-likeness (QED) is 0.924. The van der Waals surface area contributed by atoms with Gasteiger partial charge >= 0.3 is 0 Å². The molecule has 0 saturated heterocycles. The van der Waals surface area contributed by atoms with E-state index in [1.54, 1.807) is 6.26 Å². The summed E-state index contributed by atoms with van der Waals surface area (Å²) in [5, 5.41) is 3.54. The van der Waals surface area contributed by atoms with Gasteiger partial charge in [0.25, 0.3) is 0 Å². The average molecular weight is 270 g/mol. The van der Waals surface area contributed by atoms with Gasteiger partial charge in [0.1, 0.15) is 5.76 Å². The smallest absolute Gasteiger partial charge is 0.105 e. The number of rotatable bonds is 4. The van der Waals surface area contributed by atoms with Crippen molar-refractivity contribution in [3.63, 3.8) is 0 Å². The molecular weight excluding hydrogens is 248 g/mol. The third-order valence-electron chi connectivity index (χ3n) is 4.08. The summed E-state index contributed by atoms with van der Waals surface area (Å²) in [5.74, 6) is 1.70. The van der Waals surface area contributed by atoms with Crippen molar-refractivity contribution in [1.29, 1.82) is 0 Å². The molecule has 20 heavy (non-hydrogen) atoms. The maximum Gasteiger partial charge on any atom is 0.105 e. The molecule has 0 amide bonds. The van der Waals surface area contributed by atoms with Crippen LogP contribution >= 0.6 is 0 Å². The Labute approximate surface area is 120 Å². The fraction of sp³-hybridized carbons (Fsp3) is 0.412. The molecule has 3 nitrogen and oxygen atoms in total. The molecule has 0 aliphatic carbocycles. The van der Waals surface area contributed by atoms with Crippen LogP contribution in [-0.2, 0) is 13.0 Å². The molecule has 0 spiro atoms. The number of nitrogens with zero attached hydrogens (tertiary/aromatic N) is 1. The standard InChI is InChI=1S/C17H22N2O/c1-13-16(7-8-20-13)12-19(2)11-14-9-15-5-3-4-6-17(15)18-10-14/h3-8,14,18H,9-12H2,1-2H3. The van der Waals surface area contributed by atoms with Gasteiger partial charge in [-0.25, -0.2) is 0 Å². The molecule has 2 heterocycles. The van der Waals surface area contributed by atoms with Gasteiger partial charge < -0.3 is 14.6 Å². The van der Waals surface area contributed by atoms with Crippen molar-refractivity contribution in [3.8, 4) is 0 Å². The largest absolute Gasteiger partial charge is 0.469 e. The van der Waals surface area contributed by atoms with E-state index in [1.165, 1.54) is 16.8 Å². The minimum atomic E-state index is 0.669. The number of anilines is 1. The number of hydrogen-bond acceptors (Lipinski definition) is 3. The van der Waals surface area contributed by atoms with E-state index >= 15 is 0 Å². The zero-order chi connectivity index (χ0) is 13.9. The first kappa shape index (κ1) is 13.3. The Hall–Kier alpha value is -1.74. The van der Waals surface area contributed by atoms with Crippen LogP contribution in [0.1, 0.15) is 16.9 Å². The zero-order valence-electron chi connectivity index (χ0n) is 12.2. The maximum atomic E-state index is 5.36. The molecule has 0 radical (unpaired) electrons. The second-order valence-electron chi connectivity index (χ2n) is 5.81. The number of nitrogens with one attached hydrogen (secondary N) is 1. The lowest BCUT2D eigenvalue weighted by molar-refractivity contribution is 0.270. The number of benzene rings is 1. The van der Waals surface area contributed by atoms with Crippen molar-refractivity contribution >= 4 is 5.69 Å². The molecule has 1 unspecified atom stereocenters. The van der Waals surface area contributed by atoms with Gasteiger partial charge in [-0.1, -0.05) is 18.2 Å². The second kappa shape index (κ2) is 5.71. The first-order valence-corrected chi connectivity index (χ1v) is 7.25. The predicted octanol–water partition coefficient (Wildman–Crippen LogP) is 3.30. The summed E-state index contributed by atoms with van der Waals surface area (Å²) < 4.78 is 5.36. The van der Waals surface area contributed by atoms with Gasteiger partial charge in [0.15, 0.2) is 0 Å². The molecular formula is C17H22N2O. The van der Waals surface area contributed by atoms with Gasteiger partial charge in [-0.15, -0.1) is 0 Å². The summed E-state index contributed by atoms with van der Waals surface area (Å²) in [7, 11) is 2.19. The summed E-state index contributed by atoms with van der Waals surface area (Å²) in [5.41, 5.74) is 4.03. The lowest BCUT2D eigenvalue weighted by Crippen LogP contribution is -2.33. The van der Waals surface area contributed by atoms with Crippen molar-refractivity contribution in [1.82, 2.24) is 4.90 Å². The normalized spacial score (nSPS) is 17.9. The van der Waals surface area contributed by atoms with Gasteiger partial charge in [0, 0.05) is 30.9 Å². The summed E-state index contributed by atoms with van der Waals surface area (Å²) in [4.78, 5) is 2.39. The molecule has 1 aliphatic heterocycles. The molecule has 3 heteroatoms. The predicted molar refractivity (Wildman–Crippen MR) is 81.9 cm³/mol. The van der Waals surface area contributed by atoms with E-state index in [0.717, 1.165) is 31.8 Å². The van der Waals surface area contributed by atoms with Gasteiger partial charge in [0.2, 0.25) is 0 Å². The van der Waals surface area contributed by atoms with Crippen molar-refractivity contribution < 1.29 is 4.42 Å². The van der Waals surface area contributed by atoms with Gasteiger partial charge in [-0.3, -0.25) is 0 Å². The number of furan rings is 1. The molecule has 3 rings (SSSR count). The Morgan fingerprint density at radius 1 is 1.30 bits per heavy atom. The highest BCUT2D eigenvalue weighted by molar-refractivity contribution is 5.53. The van der Waals surface area contributed by atoms with Gasteiger partial charge in [-0.2, -0.15) is 0 Å². The second-order valence-corrected chi connectivity index (χ2v) is 5.81. The fourth-order valence-corrected chi connectivity index (χ4v) is 3.01. The fourth-order valence-electron chi connectivity index (χ4n) is 3.01. The van der Waals surface area contributed by atoms with Crippen LogP contribution in [0.2, 0.25) is 0 Å². The average Bonchev–Trinajstić information content (AvgIpc) is 2.84.